The van der Waals surface area contributed by atoms with E-state index in [-0.39, 0.29) is 30.6 Å². The lowest BCUT2D eigenvalue weighted by molar-refractivity contribution is 0.0929. The van der Waals surface area contributed by atoms with Gasteiger partial charge in [0.05, 0.1) is 11.1 Å². The molecule has 0 saturated carbocycles. The Bertz CT molecular complexity index is 1100. The Labute approximate surface area is 204 Å². The Morgan fingerprint density at radius 2 is 1.65 bits per heavy atom. The number of carbonyl (C=O) groups is 2. The van der Waals surface area contributed by atoms with Gasteiger partial charge in [-0.2, -0.15) is 0 Å². The summed E-state index contributed by atoms with van der Waals surface area (Å²) in [7, 11) is 0. The molecule has 0 aliphatic carbocycles. The number of ether oxygens (including phenoxy) is 1. The molecule has 0 heterocycles. The summed E-state index contributed by atoms with van der Waals surface area (Å²) in [6, 6.07) is 21.1. The van der Waals surface area contributed by atoms with Gasteiger partial charge >= 0.3 is 0 Å². The van der Waals surface area contributed by atoms with Gasteiger partial charge in [-0.15, -0.1) is 0 Å². The maximum absolute atomic E-state index is 12.8. The Balaban J connectivity index is 1.61. The lowest BCUT2D eigenvalue weighted by Crippen LogP contribution is -2.37. The molecule has 6 nitrogen and oxygen atoms in total. The number of hydrogen-bond acceptors (Lipinski definition) is 4. The summed E-state index contributed by atoms with van der Waals surface area (Å²) in [5.41, 5.74) is 2.65. The molecule has 0 fully saturated rings. The summed E-state index contributed by atoms with van der Waals surface area (Å²) < 4.78 is 5.61. The summed E-state index contributed by atoms with van der Waals surface area (Å²) in [6.07, 6.45) is 0.909. The molecular formula is C27H29ClN2O4. The fourth-order valence-corrected chi connectivity index (χ4v) is 3.67. The first-order valence-electron chi connectivity index (χ1n) is 11.2. The Hall–Kier alpha value is -3.35. The second kappa shape index (κ2) is 12.2. The van der Waals surface area contributed by atoms with E-state index in [1.165, 1.54) is 0 Å². The molecule has 34 heavy (non-hydrogen) atoms. The molecule has 0 aromatic heterocycles. The molecule has 1 atom stereocenters. The van der Waals surface area contributed by atoms with Crippen molar-refractivity contribution in [2.75, 3.05) is 11.9 Å². The maximum Gasteiger partial charge on any atom is 0.255 e. The van der Waals surface area contributed by atoms with Crippen molar-refractivity contribution in [3.63, 3.8) is 0 Å². The van der Waals surface area contributed by atoms with Crippen LogP contribution >= 0.6 is 11.6 Å². The summed E-state index contributed by atoms with van der Waals surface area (Å²) in [5, 5.41) is 15.7. The van der Waals surface area contributed by atoms with Gasteiger partial charge in [0.25, 0.3) is 11.8 Å². The van der Waals surface area contributed by atoms with Crippen molar-refractivity contribution in [2.45, 2.75) is 38.8 Å². The standard InChI is InChI=1S/C27H29ClN2O4/c1-18(2)34-25-13-10-21(17-24(25)28)27(33)30-23(14-15-31)16-19-8-11-22(12-9-19)29-26(32)20-6-4-3-5-7-20/h3-13,17-18,23,31H,14-16H2,1-2H3,(H,29,32)(H,30,33)/t23-/m1/s1. The number of hydrogen-bond donors (Lipinski definition) is 3. The summed E-state index contributed by atoms with van der Waals surface area (Å²) in [4.78, 5) is 25.1. The quantitative estimate of drug-likeness (QED) is 0.376. The molecule has 0 radical (unpaired) electrons. The molecule has 3 rings (SSSR count). The monoisotopic (exact) mass is 480 g/mol. The van der Waals surface area contributed by atoms with E-state index in [2.05, 4.69) is 10.6 Å². The first-order chi connectivity index (χ1) is 16.4. The van der Waals surface area contributed by atoms with Crippen LogP contribution in [-0.4, -0.2) is 35.7 Å². The molecule has 7 heteroatoms. The van der Waals surface area contributed by atoms with Crippen LogP contribution in [0.15, 0.2) is 72.8 Å². The van der Waals surface area contributed by atoms with Crippen molar-refractivity contribution < 1.29 is 19.4 Å². The van der Waals surface area contributed by atoms with Crippen molar-refractivity contribution in [3.8, 4) is 5.75 Å². The highest BCUT2D eigenvalue weighted by molar-refractivity contribution is 6.32. The van der Waals surface area contributed by atoms with Crippen LogP contribution in [0.2, 0.25) is 5.02 Å². The number of nitrogens with one attached hydrogen (secondary N) is 2. The second-order valence-corrected chi connectivity index (χ2v) is 8.62. The largest absolute Gasteiger partial charge is 0.489 e. The smallest absolute Gasteiger partial charge is 0.255 e. The molecule has 3 aromatic carbocycles. The minimum absolute atomic E-state index is 0.0239. The van der Waals surface area contributed by atoms with Crippen LogP contribution in [0.5, 0.6) is 5.75 Å². The van der Waals surface area contributed by atoms with Crippen LogP contribution in [0, 0.1) is 0 Å². The average Bonchev–Trinajstić information content (AvgIpc) is 2.82. The van der Waals surface area contributed by atoms with E-state index in [1.807, 2.05) is 56.3 Å². The highest BCUT2D eigenvalue weighted by atomic mass is 35.5. The van der Waals surface area contributed by atoms with Gasteiger partial charge in [0, 0.05) is 29.5 Å². The highest BCUT2D eigenvalue weighted by Gasteiger charge is 2.16. The molecule has 0 bridgehead atoms. The molecule has 178 valence electrons. The fourth-order valence-electron chi connectivity index (χ4n) is 3.44. The van der Waals surface area contributed by atoms with Crippen LogP contribution in [0.1, 0.15) is 46.5 Å². The third kappa shape index (κ3) is 7.33. The fraction of sp³-hybridized carbons (Fsp3) is 0.259. The average molecular weight is 481 g/mol. The molecule has 3 aromatic rings. The number of benzene rings is 3. The Morgan fingerprint density at radius 3 is 2.26 bits per heavy atom. The second-order valence-electron chi connectivity index (χ2n) is 8.22. The third-order valence-electron chi connectivity index (χ3n) is 5.10. The van der Waals surface area contributed by atoms with Crippen molar-refractivity contribution in [2.24, 2.45) is 0 Å². The van der Waals surface area contributed by atoms with Crippen molar-refractivity contribution in [1.29, 1.82) is 0 Å². The van der Waals surface area contributed by atoms with Gasteiger partial charge in [-0.25, -0.2) is 0 Å². The molecule has 2 amide bonds. The maximum atomic E-state index is 12.8. The first-order valence-corrected chi connectivity index (χ1v) is 11.6. The van der Waals surface area contributed by atoms with E-state index in [0.717, 1.165) is 5.56 Å². The van der Waals surface area contributed by atoms with E-state index in [4.69, 9.17) is 16.3 Å². The number of aliphatic hydroxyl groups excluding tert-OH is 1. The predicted molar refractivity (Wildman–Crippen MR) is 135 cm³/mol. The molecular weight excluding hydrogens is 452 g/mol. The van der Waals surface area contributed by atoms with Gasteiger partial charge in [0.2, 0.25) is 0 Å². The Kier molecular flexibility index (Phi) is 9.08. The first kappa shape index (κ1) is 25.3. The number of anilines is 1. The van der Waals surface area contributed by atoms with Gasteiger partial charge in [-0.05, 0) is 74.7 Å². The van der Waals surface area contributed by atoms with Gasteiger partial charge in [0.1, 0.15) is 5.75 Å². The van der Waals surface area contributed by atoms with Crippen molar-refractivity contribution in [3.05, 3.63) is 94.5 Å². The topological polar surface area (TPSA) is 87.7 Å². The molecule has 0 saturated heterocycles. The van der Waals surface area contributed by atoms with E-state index in [9.17, 15) is 14.7 Å². The number of rotatable bonds is 10. The number of halogens is 1. The molecule has 0 unspecified atom stereocenters. The Morgan fingerprint density at radius 1 is 0.941 bits per heavy atom. The number of amides is 2. The van der Waals surface area contributed by atoms with E-state index < -0.39 is 0 Å². The molecule has 0 aliphatic rings. The predicted octanol–water partition coefficient (Wildman–Crippen LogP) is 5.10. The van der Waals surface area contributed by atoms with E-state index in [1.54, 1.807) is 30.3 Å². The van der Waals surface area contributed by atoms with Crippen LogP contribution in [0.4, 0.5) is 5.69 Å². The minimum Gasteiger partial charge on any atom is -0.489 e. The minimum atomic E-state index is -0.275. The zero-order valence-corrected chi connectivity index (χ0v) is 20.0. The third-order valence-corrected chi connectivity index (χ3v) is 5.39. The number of carbonyl (C=O) groups excluding carboxylic acids is 2. The highest BCUT2D eigenvalue weighted by Crippen LogP contribution is 2.26. The van der Waals surface area contributed by atoms with Gasteiger partial charge in [-0.3, -0.25) is 9.59 Å². The summed E-state index contributed by atoms with van der Waals surface area (Å²) in [6.45, 7) is 3.75. The molecule has 3 N–H and O–H groups in total. The van der Waals surface area contributed by atoms with Crippen LogP contribution in [0.3, 0.4) is 0 Å². The number of aliphatic hydroxyl groups is 1. The summed E-state index contributed by atoms with van der Waals surface area (Å²) in [5.74, 6) is 0.0741. The van der Waals surface area contributed by atoms with Crippen LogP contribution < -0.4 is 15.4 Å². The van der Waals surface area contributed by atoms with E-state index >= 15 is 0 Å². The van der Waals surface area contributed by atoms with Gasteiger partial charge in [0.15, 0.2) is 0 Å². The van der Waals surface area contributed by atoms with Crippen LogP contribution in [-0.2, 0) is 6.42 Å². The SMILES string of the molecule is CC(C)Oc1ccc(C(=O)N[C@H](CCO)Cc2ccc(NC(=O)c3ccccc3)cc2)cc1Cl. The molecule has 0 aliphatic heterocycles. The zero-order chi connectivity index (χ0) is 24.5. The van der Waals surface area contributed by atoms with Crippen LogP contribution in [0.25, 0.3) is 0 Å². The lowest BCUT2D eigenvalue weighted by Gasteiger charge is -2.19. The summed E-state index contributed by atoms with van der Waals surface area (Å²) >= 11 is 6.26. The zero-order valence-electron chi connectivity index (χ0n) is 19.3. The van der Waals surface area contributed by atoms with Gasteiger partial charge < -0.3 is 20.5 Å². The normalized spacial score (nSPS) is 11.7. The van der Waals surface area contributed by atoms with Crippen molar-refractivity contribution >= 4 is 29.1 Å². The van der Waals surface area contributed by atoms with Gasteiger partial charge in [-0.1, -0.05) is 41.9 Å². The van der Waals surface area contributed by atoms with E-state index in [0.29, 0.717) is 40.4 Å². The lowest BCUT2D eigenvalue weighted by atomic mass is 10.0. The van der Waals surface area contributed by atoms with Crippen molar-refractivity contribution in [1.82, 2.24) is 5.32 Å². The molecule has 0 spiro atoms.